The third-order valence-corrected chi connectivity index (χ3v) is 3.86. The van der Waals surface area contributed by atoms with Crippen LogP contribution in [-0.4, -0.2) is 39.7 Å². The minimum atomic E-state index is -0.317. The van der Waals surface area contributed by atoms with Gasteiger partial charge in [0.05, 0.1) is 18.7 Å². The number of hydrogen-bond donors (Lipinski definition) is 2. The maximum absolute atomic E-state index is 13.7. The zero-order valence-corrected chi connectivity index (χ0v) is 12.9. The van der Waals surface area contributed by atoms with E-state index in [0.29, 0.717) is 29.9 Å². The molecule has 120 valence electrons. The number of aromatic nitrogens is 2. The van der Waals surface area contributed by atoms with Gasteiger partial charge in [0.2, 0.25) is 0 Å². The number of nitrogens with one attached hydrogen (secondary N) is 1. The van der Waals surface area contributed by atoms with Gasteiger partial charge in [0, 0.05) is 13.1 Å². The highest BCUT2D eigenvalue weighted by atomic mass is 19.1. The molecule has 3 aromatic rings. The highest BCUT2D eigenvalue weighted by Gasteiger charge is 2.11. The second-order valence-corrected chi connectivity index (χ2v) is 5.55. The first-order valence-electron chi connectivity index (χ1n) is 7.76. The van der Waals surface area contributed by atoms with E-state index in [9.17, 15) is 9.50 Å². The van der Waals surface area contributed by atoms with Crippen LogP contribution in [0, 0.1) is 5.82 Å². The molecule has 3 rings (SSSR count). The summed E-state index contributed by atoms with van der Waals surface area (Å²) in [5.74, 6) is 0.398. The Morgan fingerprint density at radius 2 is 1.87 bits per heavy atom. The van der Waals surface area contributed by atoms with Crippen molar-refractivity contribution in [3.63, 3.8) is 0 Å². The average Bonchev–Trinajstić information content (AvgIpc) is 2.98. The lowest BCUT2D eigenvalue weighted by atomic mass is 10.1. The zero-order chi connectivity index (χ0) is 16.1. The molecule has 1 aromatic heterocycles. The van der Waals surface area contributed by atoms with E-state index in [2.05, 4.69) is 27.0 Å². The van der Waals surface area contributed by atoms with E-state index in [1.54, 1.807) is 6.07 Å². The molecular formula is C18H20FN3O. The van der Waals surface area contributed by atoms with Crippen molar-refractivity contribution in [1.82, 2.24) is 14.9 Å². The molecular weight excluding hydrogens is 293 g/mol. The minimum Gasteiger partial charge on any atom is -0.395 e. The molecule has 0 saturated carbocycles. The standard InChI is InChI=1S/C18H20FN3O/c19-15-7-4-8-16-18(15)21-17(20-16)13-22(11-12-23)10-9-14-5-2-1-3-6-14/h1-8,23H,9-13H2,(H,20,21). The molecule has 0 atom stereocenters. The van der Waals surface area contributed by atoms with Crippen LogP contribution in [0.4, 0.5) is 4.39 Å². The first kappa shape index (κ1) is 15.6. The van der Waals surface area contributed by atoms with Crippen molar-refractivity contribution in [3.8, 4) is 0 Å². The van der Waals surface area contributed by atoms with Gasteiger partial charge in [-0.1, -0.05) is 36.4 Å². The summed E-state index contributed by atoms with van der Waals surface area (Å²) in [6.45, 7) is 2.02. The van der Waals surface area contributed by atoms with Crippen molar-refractivity contribution in [2.24, 2.45) is 0 Å². The van der Waals surface area contributed by atoms with Crippen LogP contribution in [0.2, 0.25) is 0 Å². The van der Waals surface area contributed by atoms with Crippen LogP contribution in [0.5, 0.6) is 0 Å². The molecule has 0 bridgehead atoms. The van der Waals surface area contributed by atoms with E-state index in [0.717, 1.165) is 13.0 Å². The number of nitrogens with zero attached hydrogens (tertiary/aromatic N) is 2. The SMILES string of the molecule is OCCN(CCc1ccccc1)Cc1nc2c(F)cccc2[nH]1. The Hall–Kier alpha value is -2.24. The zero-order valence-electron chi connectivity index (χ0n) is 12.9. The second-order valence-electron chi connectivity index (χ2n) is 5.55. The van der Waals surface area contributed by atoms with E-state index in [-0.39, 0.29) is 12.4 Å². The number of para-hydroxylation sites is 1. The summed E-state index contributed by atoms with van der Waals surface area (Å²) in [5, 5.41) is 9.26. The molecule has 0 spiro atoms. The van der Waals surface area contributed by atoms with E-state index >= 15 is 0 Å². The molecule has 0 amide bonds. The number of halogens is 1. The number of fused-ring (bicyclic) bond motifs is 1. The molecule has 0 unspecified atom stereocenters. The van der Waals surface area contributed by atoms with Gasteiger partial charge in [-0.25, -0.2) is 9.37 Å². The van der Waals surface area contributed by atoms with Crippen LogP contribution in [0.25, 0.3) is 11.0 Å². The second kappa shape index (κ2) is 7.35. The number of aliphatic hydroxyl groups excluding tert-OH is 1. The highest BCUT2D eigenvalue weighted by molar-refractivity contribution is 5.75. The number of aromatic amines is 1. The summed E-state index contributed by atoms with van der Waals surface area (Å²) >= 11 is 0. The summed E-state index contributed by atoms with van der Waals surface area (Å²) < 4.78 is 13.7. The summed E-state index contributed by atoms with van der Waals surface area (Å²) in [5.41, 5.74) is 2.33. The molecule has 0 saturated heterocycles. The average molecular weight is 313 g/mol. The molecule has 0 fully saturated rings. The monoisotopic (exact) mass is 313 g/mol. The van der Waals surface area contributed by atoms with E-state index in [1.165, 1.54) is 11.6 Å². The lowest BCUT2D eigenvalue weighted by Gasteiger charge is -2.20. The number of H-pyrrole nitrogens is 1. The van der Waals surface area contributed by atoms with Crippen molar-refractivity contribution in [1.29, 1.82) is 0 Å². The van der Waals surface area contributed by atoms with Gasteiger partial charge in [0.25, 0.3) is 0 Å². The van der Waals surface area contributed by atoms with Gasteiger partial charge in [-0.05, 0) is 24.1 Å². The molecule has 0 radical (unpaired) electrons. The number of imidazole rings is 1. The van der Waals surface area contributed by atoms with E-state index in [1.807, 2.05) is 24.3 Å². The lowest BCUT2D eigenvalue weighted by molar-refractivity contribution is 0.189. The van der Waals surface area contributed by atoms with Gasteiger partial charge in [0.15, 0.2) is 5.82 Å². The Morgan fingerprint density at radius 3 is 2.61 bits per heavy atom. The van der Waals surface area contributed by atoms with Gasteiger partial charge in [-0.2, -0.15) is 0 Å². The van der Waals surface area contributed by atoms with Crippen molar-refractivity contribution < 1.29 is 9.50 Å². The summed E-state index contributed by atoms with van der Waals surface area (Å²) in [6, 6.07) is 15.1. The third-order valence-electron chi connectivity index (χ3n) is 3.86. The van der Waals surface area contributed by atoms with Gasteiger partial charge < -0.3 is 10.1 Å². The number of aliphatic hydroxyl groups is 1. The molecule has 2 aromatic carbocycles. The molecule has 1 heterocycles. The van der Waals surface area contributed by atoms with Crippen molar-refractivity contribution in [2.75, 3.05) is 19.7 Å². The molecule has 4 nitrogen and oxygen atoms in total. The minimum absolute atomic E-state index is 0.0867. The first-order valence-corrected chi connectivity index (χ1v) is 7.76. The van der Waals surface area contributed by atoms with E-state index in [4.69, 9.17) is 0 Å². The molecule has 0 aliphatic heterocycles. The van der Waals surface area contributed by atoms with Crippen LogP contribution in [-0.2, 0) is 13.0 Å². The topological polar surface area (TPSA) is 52.1 Å². The van der Waals surface area contributed by atoms with Gasteiger partial charge in [0.1, 0.15) is 11.3 Å². The van der Waals surface area contributed by atoms with Crippen molar-refractivity contribution in [3.05, 3.63) is 65.7 Å². The fraction of sp³-hybridized carbons (Fsp3) is 0.278. The predicted octanol–water partition coefficient (Wildman–Crippen LogP) is 2.74. The van der Waals surface area contributed by atoms with Crippen molar-refractivity contribution >= 4 is 11.0 Å². The molecule has 0 aliphatic carbocycles. The quantitative estimate of drug-likeness (QED) is 0.705. The number of benzene rings is 2. The molecule has 23 heavy (non-hydrogen) atoms. The smallest absolute Gasteiger partial charge is 0.151 e. The Labute approximate surface area is 134 Å². The maximum atomic E-state index is 13.7. The van der Waals surface area contributed by atoms with Gasteiger partial charge in [-0.3, -0.25) is 4.90 Å². The fourth-order valence-electron chi connectivity index (χ4n) is 2.68. The van der Waals surface area contributed by atoms with Gasteiger partial charge >= 0.3 is 0 Å². The largest absolute Gasteiger partial charge is 0.395 e. The maximum Gasteiger partial charge on any atom is 0.151 e. The third kappa shape index (κ3) is 3.94. The highest BCUT2D eigenvalue weighted by Crippen LogP contribution is 2.16. The summed E-state index contributed by atoms with van der Waals surface area (Å²) in [7, 11) is 0. The normalized spacial score (nSPS) is 11.4. The number of rotatable bonds is 7. The van der Waals surface area contributed by atoms with Gasteiger partial charge in [-0.15, -0.1) is 0 Å². The molecule has 2 N–H and O–H groups in total. The summed E-state index contributed by atoms with van der Waals surface area (Å²) in [4.78, 5) is 9.60. The van der Waals surface area contributed by atoms with Crippen LogP contribution in [0.3, 0.4) is 0 Å². The molecule has 5 heteroatoms. The molecule has 0 aliphatic rings. The Bertz CT molecular complexity index is 757. The number of hydrogen-bond acceptors (Lipinski definition) is 3. The van der Waals surface area contributed by atoms with E-state index < -0.39 is 0 Å². The Morgan fingerprint density at radius 1 is 1.04 bits per heavy atom. The lowest BCUT2D eigenvalue weighted by Crippen LogP contribution is -2.29. The predicted molar refractivity (Wildman–Crippen MR) is 88.6 cm³/mol. The fourth-order valence-corrected chi connectivity index (χ4v) is 2.68. The first-order chi connectivity index (χ1) is 11.3. The van der Waals surface area contributed by atoms with Crippen LogP contribution < -0.4 is 0 Å². The van der Waals surface area contributed by atoms with Crippen molar-refractivity contribution in [2.45, 2.75) is 13.0 Å². The summed E-state index contributed by atoms with van der Waals surface area (Å²) in [6.07, 6.45) is 0.898. The van der Waals surface area contributed by atoms with Crippen LogP contribution in [0.1, 0.15) is 11.4 Å². The Kier molecular flexibility index (Phi) is 5.00. The van der Waals surface area contributed by atoms with Crippen LogP contribution >= 0.6 is 0 Å². The Balaban J connectivity index is 1.69. The van der Waals surface area contributed by atoms with Crippen LogP contribution in [0.15, 0.2) is 48.5 Å².